The molecular formula is C80H156O17P2. The Kier molecular flexibility index (Phi) is 71.6. The number of hydrogen-bond donors (Lipinski definition) is 3. The van der Waals surface area contributed by atoms with Gasteiger partial charge in [0.15, 0.2) is 12.2 Å². The van der Waals surface area contributed by atoms with Crippen molar-refractivity contribution in [1.82, 2.24) is 0 Å². The summed E-state index contributed by atoms with van der Waals surface area (Å²) in [6, 6.07) is 0. The smallest absolute Gasteiger partial charge is 0.462 e. The topological polar surface area (TPSA) is 237 Å². The molecule has 99 heavy (non-hydrogen) atoms. The van der Waals surface area contributed by atoms with Crippen molar-refractivity contribution in [2.45, 2.75) is 445 Å². The van der Waals surface area contributed by atoms with Crippen LogP contribution in [-0.4, -0.2) is 96.7 Å². The highest BCUT2D eigenvalue weighted by molar-refractivity contribution is 7.47. The second-order valence-corrected chi connectivity index (χ2v) is 32.0. The molecule has 0 heterocycles. The molecule has 19 heteroatoms. The molecule has 0 radical (unpaired) electrons. The second kappa shape index (κ2) is 73.0. The van der Waals surface area contributed by atoms with Crippen LogP contribution in [0.3, 0.4) is 0 Å². The Bertz CT molecular complexity index is 1890. The summed E-state index contributed by atoms with van der Waals surface area (Å²) in [6.45, 7) is 7.33. The van der Waals surface area contributed by atoms with Crippen LogP contribution in [0.5, 0.6) is 0 Å². The lowest BCUT2D eigenvalue weighted by molar-refractivity contribution is -0.161. The minimum absolute atomic E-state index is 0.108. The molecule has 0 fully saturated rings. The molecule has 0 aromatic heterocycles. The van der Waals surface area contributed by atoms with E-state index < -0.39 is 97.5 Å². The summed E-state index contributed by atoms with van der Waals surface area (Å²) < 4.78 is 68.7. The molecule has 0 aliphatic carbocycles. The van der Waals surface area contributed by atoms with E-state index in [1.807, 2.05) is 0 Å². The van der Waals surface area contributed by atoms with Crippen molar-refractivity contribution in [3.8, 4) is 0 Å². The van der Waals surface area contributed by atoms with Crippen LogP contribution in [0.1, 0.15) is 426 Å². The molecule has 0 rings (SSSR count). The molecule has 0 aromatic carbocycles. The first-order valence-corrected chi connectivity index (χ1v) is 44.7. The van der Waals surface area contributed by atoms with Gasteiger partial charge in [-0.25, -0.2) is 9.13 Å². The van der Waals surface area contributed by atoms with E-state index in [0.717, 1.165) is 95.8 Å². The average Bonchev–Trinajstić information content (AvgIpc) is 1.27. The summed E-state index contributed by atoms with van der Waals surface area (Å²) in [5.41, 5.74) is 0. The highest BCUT2D eigenvalue weighted by Gasteiger charge is 2.30. The standard InChI is InChI=1S/C80H156O17P2/c1-6-10-13-16-19-22-25-28-30-31-32-33-35-38-41-44-51-56-61-66-80(85)96-75(69-90-77(82)63-58-53-48-42-39-37-34-29-26-23-20-17-14-11-7-2)71-94-98(86,87)92-67-74(81)68-93-99(88,89)95-72-76(70-91-78(83)64-59-54-49-46-45-47-52-57-62-73(5)9-4)97-79(84)65-60-55-50-43-40-36-27-24-21-18-15-12-8-3/h73-76,81H,6-72H2,1-5H3,(H,86,87)(H,88,89)/t73?,74-,75-,76-/m1/s1. The number of hydrogen-bond acceptors (Lipinski definition) is 15. The van der Waals surface area contributed by atoms with Gasteiger partial charge in [-0.2, -0.15) is 0 Å². The van der Waals surface area contributed by atoms with Crippen molar-refractivity contribution >= 4 is 39.5 Å². The van der Waals surface area contributed by atoms with Crippen LogP contribution in [0.2, 0.25) is 0 Å². The quantitative estimate of drug-likeness (QED) is 0.0222. The van der Waals surface area contributed by atoms with Crippen molar-refractivity contribution in [3.63, 3.8) is 0 Å². The molecule has 0 bridgehead atoms. The third-order valence-electron chi connectivity index (χ3n) is 19.1. The Hall–Kier alpha value is -1.94. The fourth-order valence-corrected chi connectivity index (χ4v) is 14.0. The van der Waals surface area contributed by atoms with Crippen molar-refractivity contribution in [2.75, 3.05) is 39.6 Å². The lowest BCUT2D eigenvalue weighted by atomic mass is 9.99. The van der Waals surface area contributed by atoms with Crippen molar-refractivity contribution in [3.05, 3.63) is 0 Å². The van der Waals surface area contributed by atoms with Crippen LogP contribution >= 0.6 is 15.6 Å². The molecule has 0 aliphatic rings. The molecule has 0 aliphatic heterocycles. The molecule has 588 valence electrons. The molecule has 0 aromatic rings. The summed E-state index contributed by atoms with van der Waals surface area (Å²) in [7, 11) is -9.92. The third-order valence-corrected chi connectivity index (χ3v) is 21.0. The number of phosphoric ester groups is 2. The van der Waals surface area contributed by atoms with E-state index in [-0.39, 0.29) is 25.7 Å². The number of unbranched alkanes of at least 4 members (excludes halogenated alkanes) is 51. The first kappa shape index (κ1) is 97.1. The first-order valence-electron chi connectivity index (χ1n) is 41.7. The Balaban J connectivity index is 5.25. The van der Waals surface area contributed by atoms with E-state index in [1.165, 1.54) is 250 Å². The van der Waals surface area contributed by atoms with Gasteiger partial charge in [-0.1, -0.05) is 375 Å². The van der Waals surface area contributed by atoms with Gasteiger partial charge in [-0.05, 0) is 31.6 Å². The largest absolute Gasteiger partial charge is 0.472 e. The summed E-state index contributed by atoms with van der Waals surface area (Å²) in [4.78, 5) is 73.0. The van der Waals surface area contributed by atoms with E-state index in [1.54, 1.807) is 0 Å². The molecule has 3 N–H and O–H groups in total. The SMILES string of the molecule is CCCCCCCCCCCCCCCCCCCCCC(=O)O[C@H](COC(=O)CCCCCCCCCCCCCCCCC)COP(=O)(O)OC[C@@H](O)COP(=O)(O)OC[C@@H](COC(=O)CCCCCCCCCCC(C)CC)OC(=O)CCCCCCCCCCCCCCC. The van der Waals surface area contributed by atoms with E-state index in [0.29, 0.717) is 25.7 Å². The number of carbonyl (C=O) groups is 4. The fraction of sp³-hybridized carbons (Fsp3) is 0.950. The van der Waals surface area contributed by atoms with Crippen LogP contribution in [0.4, 0.5) is 0 Å². The zero-order valence-corrected chi connectivity index (χ0v) is 66.4. The average molecular weight is 1450 g/mol. The Morgan fingerprint density at radius 2 is 0.485 bits per heavy atom. The molecule has 0 saturated heterocycles. The van der Waals surface area contributed by atoms with Crippen molar-refractivity contribution in [1.29, 1.82) is 0 Å². The van der Waals surface area contributed by atoms with Gasteiger partial charge in [0.2, 0.25) is 0 Å². The molecule has 3 unspecified atom stereocenters. The molecule has 17 nitrogen and oxygen atoms in total. The Labute approximate surface area is 607 Å². The Morgan fingerprint density at radius 3 is 0.717 bits per heavy atom. The van der Waals surface area contributed by atoms with Crippen LogP contribution in [0.15, 0.2) is 0 Å². The van der Waals surface area contributed by atoms with Gasteiger partial charge in [-0.3, -0.25) is 37.3 Å². The minimum Gasteiger partial charge on any atom is -0.462 e. The maximum Gasteiger partial charge on any atom is 0.472 e. The van der Waals surface area contributed by atoms with E-state index in [4.69, 9.17) is 37.0 Å². The number of ether oxygens (including phenoxy) is 4. The van der Waals surface area contributed by atoms with E-state index >= 15 is 0 Å². The van der Waals surface area contributed by atoms with Gasteiger partial charge in [-0.15, -0.1) is 0 Å². The summed E-state index contributed by atoms with van der Waals surface area (Å²) >= 11 is 0. The number of aliphatic hydroxyl groups excluding tert-OH is 1. The summed E-state index contributed by atoms with van der Waals surface area (Å²) in [5, 5.41) is 10.6. The number of rotatable bonds is 80. The van der Waals surface area contributed by atoms with E-state index in [9.17, 15) is 43.2 Å². The van der Waals surface area contributed by atoms with Gasteiger partial charge in [0.1, 0.15) is 19.3 Å². The van der Waals surface area contributed by atoms with Gasteiger partial charge in [0.25, 0.3) is 0 Å². The molecule has 0 amide bonds. The highest BCUT2D eigenvalue weighted by atomic mass is 31.2. The van der Waals surface area contributed by atoms with Crippen LogP contribution < -0.4 is 0 Å². The van der Waals surface area contributed by atoms with Gasteiger partial charge in [0, 0.05) is 25.7 Å². The van der Waals surface area contributed by atoms with Gasteiger partial charge in [0.05, 0.1) is 26.4 Å². The van der Waals surface area contributed by atoms with Crippen LogP contribution in [0.25, 0.3) is 0 Å². The number of carbonyl (C=O) groups excluding carboxylic acids is 4. The minimum atomic E-state index is -4.96. The number of esters is 4. The molecular weight excluding hydrogens is 1290 g/mol. The fourth-order valence-electron chi connectivity index (χ4n) is 12.4. The van der Waals surface area contributed by atoms with Gasteiger partial charge < -0.3 is 33.8 Å². The summed E-state index contributed by atoms with van der Waals surface area (Å²) in [6.07, 6.45) is 63.7. The monoisotopic (exact) mass is 1450 g/mol. The van der Waals surface area contributed by atoms with Gasteiger partial charge >= 0.3 is 39.5 Å². The zero-order chi connectivity index (χ0) is 72.7. The summed E-state index contributed by atoms with van der Waals surface area (Å²) in [5.74, 6) is -1.33. The first-order chi connectivity index (χ1) is 48.1. The third kappa shape index (κ3) is 72.8. The maximum absolute atomic E-state index is 13.1. The van der Waals surface area contributed by atoms with Crippen LogP contribution in [-0.2, 0) is 65.4 Å². The lowest BCUT2D eigenvalue weighted by Crippen LogP contribution is -2.30. The molecule has 0 saturated carbocycles. The molecule has 6 atom stereocenters. The Morgan fingerprint density at radius 1 is 0.283 bits per heavy atom. The van der Waals surface area contributed by atoms with E-state index in [2.05, 4.69) is 34.6 Å². The normalized spacial score (nSPS) is 14.1. The van der Waals surface area contributed by atoms with Crippen molar-refractivity contribution < 1.29 is 80.2 Å². The highest BCUT2D eigenvalue weighted by Crippen LogP contribution is 2.45. The molecule has 0 spiro atoms. The second-order valence-electron chi connectivity index (χ2n) is 29.1. The van der Waals surface area contributed by atoms with Crippen molar-refractivity contribution in [2.24, 2.45) is 5.92 Å². The predicted octanol–water partition coefficient (Wildman–Crippen LogP) is 24.0. The zero-order valence-electron chi connectivity index (χ0n) is 64.6. The number of aliphatic hydroxyl groups is 1. The number of phosphoric acid groups is 2. The maximum atomic E-state index is 13.1. The van der Waals surface area contributed by atoms with Crippen LogP contribution in [0, 0.1) is 5.92 Å². The predicted molar refractivity (Wildman–Crippen MR) is 405 cm³/mol. The lowest BCUT2D eigenvalue weighted by Gasteiger charge is -2.21.